The Morgan fingerprint density at radius 3 is 2.31 bits per heavy atom. The lowest BCUT2D eigenvalue weighted by atomic mass is 9.76. The number of hydrogen-bond acceptors (Lipinski definition) is 10. The first kappa shape index (κ1) is 38.6. The number of rotatable bonds is 7. The van der Waals surface area contributed by atoms with Gasteiger partial charge in [-0.3, -0.25) is 14.5 Å². The van der Waals surface area contributed by atoms with Crippen LogP contribution in [-0.2, 0) is 44.6 Å². The summed E-state index contributed by atoms with van der Waals surface area (Å²) in [6, 6.07) is 7.38. The topological polar surface area (TPSA) is 113 Å². The van der Waals surface area contributed by atoms with Gasteiger partial charge in [0.25, 0.3) is 0 Å². The van der Waals surface area contributed by atoms with E-state index in [9.17, 15) is 14.7 Å². The number of cyclic esters (lactones) is 1. The lowest BCUT2D eigenvalue weighted by Gasteiger charge is -2.46. The molecule has 1 N–H and O–H groups in total. The fraction of sp³-hybridized carbons (Fsp3) is 0.789. The van der Waals surface area contributed by atoms with Gasteiger partial charge in [0.15, 0.2) is 17.9 Å². The largest absolute Gasteiger partial charge is 0.458 e. The van der Waals surface area contributed by atoms with Crippen LogP contribution in [0, 0.1) is 23.7 Å². The molecule has 10 nitrogen and oxygen atoms in total. The van der Waals surface area contributed by atoms with Crippen molar-refractivity contribution in [3.05, 3.63) is 34.9 Å². The van der Waals surface area contributed by atoms with E-state index in [1.54, 1.807) is 13.8 Å². The number of ketones is 1. The Balaban J connectivity index is 1.45. The number of aliphatic hydroxyl groups excluding tert-OH is 1. The minimum absolute atomic E-state index is 0.0276. The Morgan fingerprint density at radius 1 is 1.02 bits per heavy atom. The number of likely N-dealkylation sites (N-methyl/N-ethyl adjacent to an activating group) is 1. The van der Waals surface area contributed by atoms with Gasteiger partial charge in [-0.2, -0.15) is 0 Å². The molecule has 0 spiro atoms. The number of benzene rings is 1. The van der Waals surface area contributed by atoms with Crippen LogP contribution in [0.15, 0.2) is 24.3 Å². The minimum Gasteiger partial charge on any atom is -0.458 e. The van der Waals surface area contributed by atoms with E-state index in [1.807, 2.05) is 79.8 Å². The summed E-state index contributed by atoms with van der Waals surface area (Å²) in [6.45, 7) is 19.7. The molecule has 4 saturated heterocycles. The average Bonchev–Trinajstić information content (AvgIpc) is 3.48. The van der Waals surface area contributed by atoms with E-state index in [0.29, 0.717) is 30.8 Å². The Kier molecular flexibility index (Phi) is 11.4. The second-order valence-corrected chi connectivity index (χ2v) is 16.5. The number of hydrogen-bond donors (Lipinski definition) is 1. The van der Waals surface area contributed by atoms with Crippen molar-refractivity contribution >= 4 is 23.4 Å². The molecule has 0 radical (unpaired) electrons. The molecule has 1 aromatic carbocycles. The maximum absolute atomic E-state index is 14.2. The van der Waals surface area contributed by atoms with E-state index in [-0.39, 0.29) is 42.0 Å². The summed E-state index contributed by atoms with van der Waals surface area (Å²) < 4.78 is 39.2. The second kappa shape index (κ2) is 14.4. The van der Waals surface area contributed by atoms with Crippen LogP contribution in [-0.4, -0.2) is 94.8 Å². The molecule has 11 heteroatoms. The van der Waals surface area contributed by atoms with Gasteiger partial charge in [-0.25, -0.2) is 0 Å². The Morgan fingerprint density at radius 2 is 1.67 bits per heavy atom. The first-order chi connectivity index (χ1) is 22.8. The molecule has 1 aromatic rings. The van der Waals surface area contributed by atoms with Gasteiger partial charge in [0.2, 0.25) is 0 Å². The van der Waals surface area contributed by atoms with E-state index in [2.05, 4.69) is 11.8 Å². The van der Waals surface area contributed by atoms with Crippen LogP contribution in [0.2, 0.25) is 5.02 Å². The number of carbonyl (C=O) groups is 2. The SMILES string of the molecule is CC[C@H]1OC(C)(C)O[C@@]1(C)[C@@H]1OC(=O)[C@H](C)C(=O)[C@H](C)[C@H](O[C@@H]2OC(C)CC(N(C)Cc3ccc(Cl)cc3)C2O)[C@@]2(C)CC(C)C(O2)[C@@H]1C. The van der Waals surface area contributed by atoms with Crippen molar-refractivity contribution in [3.63, 3.8) is 0 Å². The van der Waals surface area contributed by atoms with Crippen LogP contribution in [0.5, 0.6) is 0 Å². The number of fused-ring (bicyclic) bond motifs is 2. The van der Waals surface area contributed by atoms with E-state index in [1.165, 1.54) is 0 Å². The number of Topliss-reactive ketones (excluding diaryl/α,β-unsaturated/α-hetero) is 1. The zero-order valence-corrected chi connectivity index (χ0v) is 31.9. The van der Waals surface area contributed by atoms with Crippen LogP contribution in [0.3, 0.4) is 0 Å². The maximum atomic E-state index is 14.2. The van der Waals surface area contributed by atoms with Crippen molar-refractivity contribution in [1.82, 2.24) is 4.90 Å². The molecule has 0 amide bonds. The fourth-order valence-electron chi connectivity index (χ4n) is 9.16. The standard InChI is InChI=1S/C38H58ClNO9/c1-12-28-38(10,49-36(7,8)47-28)33-24(6)31-20(2)18-37(9,48-31)32(22(4)29(41)23(5)34(43)45-33)46-35-30(42)27(17-21(3)44-35)40(11)19-25-13-15-26(39)16-14-25/h13-16,20-24,27-28,30-33,35,42H,12,17-19H2,1-11H3/t20?,21?,22-,23+,24-,27?,28+,30?,31?,32-,33+,35-,37+,38+/m0/s1. The monoisotopic (exact) mass is 707 g/mol. The quantitative estimate of drug-likeness (QED) is 0.270. The van der Waals surface area contributed by atoms with Crippen LogP contribution in [0.1, 0.15) is 94.1 Å². The summed E-state index contributed by atoms with van der Waals surface area (Å²) in [6.07, 6.45) is -2.66. The van der Waals surface area contributed by atoms with Crippen molar-refractivity contribution in [2.24, 2.45) is 23.7 Å². The minimum atomic E-state index is -1.07. The van der Waals surface area contributed by atoms with Crippen LogP contribution in [0.4, 0.5) is 0 Å². The van der Waals surface area contributed by atoms with E-state index in [4.69, 9.17) is 40.0 Å². The number of ether oxygens (including phenoxy) is 6. The molecule has 4 aliphatic heterocycles. The van der Waals surface area contributed by atoms with Gasteiger partial charge in [0, 0.05) is 29.4 Å². The van der Waals surface area contributed by atoms with Gasteiger partial charge in [-0.1, -0.05) is 51.4 Å². The molecule has 276 valence electrons. The highest BCUT2D eigenvalue weighted by Gasteiger charge is 2.61. The summed E-state index contributed by atoms with van der Waals surface area (Å²) in [5, 5.41) is 12.4. The molecule has 4 fully saturated rings. The number of aliphatic hydroxyl groups is 1. The van der Waals surface area contributed by atoms with Gasteiger partial charge in [-0.15, -0.1) is 0 Å². The first-order valence-electron chi connectivity index (χ1n) is 18.0. The molecule has 0 aliphatic carbocycles. The number of carbonyl (C=O) groups excluding carboxylic acids is 2. The third-order valence-corrected chi connectivity index (χ3v) is 11.7. The molecular formula is C38H58ClNO9. The number of nitrogens with zero attached hydrogens (tertiary/aromatic N) is 1. The molecule has 4 heterocycles. The lowest BCUT2D eigenvalue weighted by Crippen LogP contribution is -2.58. The number of esters is 1. The smallest absolute Gasteiger partial charge is 0.316 e. The van der Waals surface area contributed by atoms with Gasteiger partial charge < -0.3 is 33.5 Å². The first-order valence-corrected chi connectivity index (χ1v) is 18.4. The Hall–Kier alpha value is -1.63. The Labute approximate surface area is 297 Å². The summed E-state index contributed by atoms with van der Waals surface area (Å²) in [4.78, 5) is 30.1. The summed E-state index contributed by atoms with van der Waals surface area (Å²) >= 11 is 6.10. The van der Waals surface area contributed by atoms with Crippen LogP contribution < -0.4 is 0 Å². The van der Waals surface area contributed by atoms with Gasteiger partial charge >= 0.3 is 5.97 Å². The molecule has 0 aromatic heterocycles. The van der Waals surface area contributed by atoms with Gasteiger partial charge in [0.1, 0.15) is 23.7 Å². The third-order valence-electron chi connectivity index (χ3n) is 11.5. The van der Waals surface area contributed by atoms with Crippen LogP contribution in [0.25, 0.3) is 0 Å². The van der Waals surface area contributed by atoms with Crippen molar-refractivity contribution in [1.29, 1.82) is 0 Å². The highest BCUT2D eigenvalue weighted by atomic mass is 35.5. The summed E-state index contributed by atoms with van der Waals surface area (Å²) in [7, 11) is 1.97. The van der Waals surface area contributed by atoms with E-state index >= 15 is 0 Å². The highest BCUT2D eigenvalue weighted by Crippen LogP contribution is 2.50. The molecule has 5 rings (SSSR count). The molecular weight excluding hydrogens is 650 g/mol. The third kappa shape index (κ3) is 7.63. The number of halogens is 1. The predicted octanol–water partition coefficient (Wildman–Crippen LogP) is 5.93. The van der Waals surface area contributed by atoms with Gasteiger partial charge in [0.05, 0.1) is 30.0 Å². The zero-order chi connectivity index (χ0) is 36.2. The molecule has 49 heavy (non-hydrogen) atoms. The van der Waals surface area contributed by atoms with Crippen molar-refractivity contribution in [3.8, 4) is 0 Å². The van der Waals surface area contributed by atoms with Crippen molar-refractivity contribution in [2.75, 3.05) is 7.05 Å². The molecule has 0 saturated carbocycles. The Bertz CT molecular complexity index is 1340. The van der Waals surface area contributed by atoms with E-state index in [0.717, 1.165) is 5.56 Å². The molecule has 2 bridgehead atoms. The predicted molar refractivity (Wildman–Crippen MR) is 185 cm³/mol. The zero-order valence-electron chi connectivity index (χ0n) is 31.1. The molecule has 14 atom stereocenters. The summed E-state index contributed by atoms with van der Waals surface area (Å²) in [5.41, 5.74) is -0.843. The van der Waals surface area contributed by atoms with Crippen LogP contribution >= 0.6 is 11.6 Å². The molecule has 4 aliphatic rings. The summed E-state index contributed by atoms with van der Waals surface area (Å²) in [5.74, 6) is -3.93. The average molecular weight is 708 g/mol. The molecule has 5 unspecified atom stereocenters. The fourth-order valence-corrected chi connectivity index (χ4v) is 9.29. The van der Waals surface area contributed by atoms with E-state index < -0.39 is 59.4 Å². The maximum Gasteiger partial charge on any atom is 0.316 e. The van der Waals surface area contributed by atoms with Gasteiger partial charge in [-0.05, 0) is 91.5 Å². The normalized spacial score (nSPS) is 44.5. The van der Waals surface area contributed by atoms with Crippen molar-refractivity contribution in [2.45, 2.75) is 161 Å². The van der Waals surface area contributed by atoms with Crippen molar-refractivity contribution < 1.29 is 43.1 Å². The highest BCUT2D eigenvalue weighted by molar-refractivity contribution is 6.30. The lowest BCUT2D eigenvalue weighted by molar-refractivity contribution is -0.296. The second-order valence-electron chi connectivity index (χ2n) is 16.1.